The van der Waals surface area contributed by atoms with Gasteiger partial charge >= 0.3 is 0 Å². The topological polar surface area (TPSA) is 162 Å². The number of aliphatic hydroxyl groups is 2. The van der Waals surface area contributed by atoms with Crippen LogP contribution in [0.2, 0.25) is 0 Å². The van der Waals surface area contributed by atoms with Gasteiger partial charge in [0.15, 0.2) is 17.7 Å². The number of anilines is 1. The van der Waals surface area contributed by atoms with E-state index < -0.39 is 24.5 Å². The number of aromatic nitrogens is 4. The molecule has 0 aromatic carbocycles. The third-order valence-corrected chi connectivity index (χ3v) is 3.78. The number of nitrogens with two attached hydrogens (primary N) is 2. The number of hydrogen-bond donors (Lipinski definition) is 4. The zero-order valence-corrected chi connectivity index (χ0v) is 13.5. The van der Waals surface area contributed by atoms with Crippen LogP contribution in [0.15, 0.2) is 12.7 Å². The second-order valence-electron chi connectivity index (χ2n) is 5.50. The monoisotopic (exact) mass is 338 g/mol. The predicted molar refractivity (Wildman–Crippen MR) is 85.7 cm³/mol. The molecule has 3 heterocycles. The minimum atomic E-state index is -1.03. The third kappa shape index (κ3) is 3.51. The average Bonchev–Trinajstić information content (AvgIpc) is 3.12. The first-order chi connectivity index (χ1) is 11.4. The van der Waals surface area contributed by atoms with Gasteiger partial charge in [-0.3, -0.25) is 4.57 Å². The van der Waals surface area contributed by atoms with Gasteiger partial charge in [0.05, 0.1) is 18.5 Å². The van der Waals surface area contributed by atoms with E-state index in [4.69, 9.17) is 16.2 Å². The van der Waals surface area contributed by atoms with E-state index >= 15 is 0 Å². The van der Waals surface area contributed by atoms with Crippen LogP contribution in [0.5, 0.6) is 0 Å². The second-order valence-corrected chi connectivity index (χ2v) is 5.50. The molecule has 6 N–H and O–H groups in total. The van der Waals surface area contributed by atoms with Gasteiger partial charge in [0.1, 0.15) is 30.3 Å². The summed E-state index contributed by atoms with van der Waals surface area (Å²) in [6.07, 6.45) is 1.12. The van der Waals surface area contributed by atoms with Crippen molar-refractivity contribution in [3.63, 3.8) is 0 Å². The van der Waals surface area contributed by atoms with Crippen LogP contribution >= 0.6 is 0 Å². The van der Waals surface area contributed by atoms with Crippen molar-refractivity contribution in [3.8, 4) is 0 Å². The molecule has 10 heteroatoms. The van der Waals surface area contributed by atoms with E-state index in [9.17, 15) is 15.0 Å². The number of nitrogen functional groups attached to an aromatic ring is 1. The number of nitrogens with zero attached hydrogens (tertiary/aromatic N) is 4. The van der Waals surface area contributed by atoms with Gasteiger partial charge in [0, 0.05) is 0 Å². The molecular formula is C14H22N6O4. The predicted octanol–water partition coefficient (Wildman–Crippen LogP) is -1.03. The molecule has 0 spiro atoms. The van der Waals surface area contributed by atoms with Crippen LogP contribution in [-0.4, -0.2) is 60.4 Å². The summed E-state index contributed by atoms with van der Waals surface area (Å²) in [6.45, 7) is 3.56. The molecule has 0 amide bonds. The summed E-state index contributed by atoms with van der Waals surface area (Å²) in [5, 5.41) is 19.6. The van der Waals surface area contributed by atoms with E-state index in [2.05, 4.69) is 15.0 Å². The maximum absolute atomic E-state index is 9.93. The zero-order valence-electron chi connectivity index (χ0n) is 13.5. The second kappa shape index (κ2) is 7.62. The lowest BCUT2D eigenvalue weighted by Crippen LogP contribution is -2.30. The Labute approximate surface area is 138 Å². The summed E-state index contributed by atoms with van der Waals surface area (Å²) in [7, 11) is 0. The molecule has 0 saturated carbocycles. The van der Waals surface area contributed by atoms with Crippen LogP contribution in [0, 0.1) is 0 Å². The number of hydrogen-bond acceptors (Lipinski definition) is 9. The molecule has 2 aromatic heterocycles. The molecule has 1 aliphatic rings. The van der Waals surface area contributed by atoms with E-state index in [1.54, 1.807) is 11.5 Å². The molecule has 1 saturated heterocycles. The van der Waals surface area contributed by atoms with E-state index in [1.807, 2.05) is 6.92 Å². The highest BCUT2D eigenvalue weighted by Gasteiger charge is 2.41. The minimum Gasteiger partial charge on any atom is -0.388 e. The van der Waals surface area contributed by atoms with E-state index in [0.29, 0.717) is 11.2 Å². The minimum absolute atomic E-state index is 0.245. The number of carbonyl (C=O) groups excluding carboxylic acids is 1. The molecule has 5 atom stereocenters. The molecule has 3 rings (SSSR count). The molecule has 132 valence electrons. The van der Waals surface area contributed by atoms with Gasteiger partial charge in [0.2, 0.25) is 0 Å². The first-order valence-electron chi connectivity index (χ1n) is 7.56. The quantitative estimate of drug-likeness (QED) is 0.512. The molecule has 0 unspecified atom stereocenters. The van der Waals surface area contributed by atoms with Gasteiger partial charge in [-0.1, -0.05) is 6.92 Å². The lowest BCUT2D eigenvalue weighted by Gasteiger charge is -2.16. The molecule has 0 radical (unpaired) electrons. The summed E-state index contributed by atoms with van der Waals surface area (Å²) >= 11 is 0. The number of rotatable bonds is 3. The summed E-state index contributed by atoms with van der Waals surface area (Å²) in [6, 6.07) is -0.245. The van der Waals surface area contributed by atoms with Crippen molar-refractivity contribution in [1.29, 1.82) is 0 Å². The molecule has 2 aromatic rings. The molecule has 1 aliphatic heterocycles. The van der Waals surface area contributed by atoms with Crippen molar-refractivity contribution < 1.29 is 19.7 Å². The normalized spacial score (nSPS) is 27.5. The fourth-order valence-corrected chi connectivity index (χ4v) is 2.21. The highest BCUT2D eigenvalue weighted by atomic mass is 16.6. The number of aliphatic hydroxyl groups excluding tert-OH is 2. The van der Waals surface area contributed by atoms with Crippen LogP contribution in [-0.2, 0) is 9.53 Å². The Morgan fingerprint density at radius 1 is 1.38 bits per heavy atom. The SMILES string of the molecule is CC[C@H](N)C=O.C[C@H]1O[C@@H](n2cnc3c(N)ncnc32)[C@H](O)[C@@H]1O. The summed E-state index contributed by atoms with van der Waals surface area (Å²) in [5.74, 6) is 0.264. The number of carbonyl (C=O) groups is 1. The number of ether oxygens (including phenoxy) is 1. The lowest BCUT2D eigenvalue weighted by atomic mass is 10.1. The van der Waals surface area contributed by atoms with Gasteiger partial charge < -0.3 is 31.2 Å². The number of imidazole rings is 1. The fourth-order valence-electron chi connectivity index (χ4n) is 2.21. The maximum Gasteiger partial charge on any atom is 0.167 e. The Kier molecular flexibility index (Phi) is 5.78. The van der Waals surface area contributed by atoms with Crippen LogP contribution in [0.25, 0.3) is 11.2 Å². The van der Waals surface area contributed by atoms with E-state index in [0.717, 1.165) is 12.7 Å². The van der Waals surface area contributed by atoms with Gasteiger partial charge in [-0.15, -0.1) is 0 Å². The van der Waals surface area contributed by atoms with Crippen LogP contribution in [0.1, 0.15) is 26.5 Å². The molecule has 24 heavy (non-hydrogen) atoms. The Balaban J connectivity index is 0.000000301. The molecular weight excluding hydrogens is 316 g/mol. The van der Waals surface area contributed by atoms with E-state index in [1.165, 1.54) is 12.7 Å². The molecule has 0 bridgehead atoms. The van der Waals surface area contributed by atoms with Gasteiger partial charge in [-0.05, 0) is 13.3 Å². The van der Waals surface area contributed by atoms with Crippen LogP contribution < -0.4 is 11.5 Å². The highest BCUT2D eigenvalue weighted by Crippen LogP contribution is 2.31. The maximum atomic E-state index is 9.93. The Morgan fingerprint density at radius 3 is 2.58 bits per heavy atom. The lowest BCUT2D eigenvalue weighted by molar-refractivity contribution is -0.108. The Morgan fingerprint density at radius 2 is 2.08 bits per heavy atom. The summed E-state index contributed by atoms with van der Waals surface area (Å²) in [4.78, 5) is 21.6. The first kappa shape index (κ1) is 18.2. The molecule has 10 nitrogen and oxygen atoms in total. The van der Waals surface area contributed by atoms with E-state index in [-0.39, 0.29) is 11.9 Å². The molecule has 0 aliphatic carbocycles. The average molecular weight is 338 g/mol. The molecule has 1 fully saturated rings. The highest BCUT2D eigenvalue weighted by molar-refractivity contribution is 5.81. The van der Waals surface area contributed by atoms with Crippen LogP contribution in [0.3, 0.4) is 0 Å². The van der Waals surface area contributed by atoms with Crippen molar-refractivity contribution in [2.24, 2.45) is 5.73 Å². The number of aldehydes is 1. The van der Waals surface area contributed by atoms with Crippen molar-refractivity contribution in [1.82, 2.24) is 19.5 Å². The van der Waals surface area contributed by atoms with Crippen LogP contribution in [0.4, 0.5) is 5.82 Å². The largest absolute Gasteiger partial charge is 0.388 e. The van der Waals surface area contributed by atoms with Crippen molar-refractivity contribution >= 4 is 23.3 Å². The van der Waals surface area contributed by atoms with Crippen molar-refractivity contribution in [3.05, 3.63) is 12.7 Å². The summed E-state index contributed by atoms with van der Waals surface area (Å²) < 4.78 is 7.05. The van der Waals surface area contributed by atoms with Gasteiger partial charge in [-0.2, -0.15) is 0 Å². The smallest absolute Gasteiger partial charge is 0.167 e. The fraction of sp³-hybridized carbons (Fsp3) is 0.571. The Hall–Kier alpha value is -2.14. The Bertz CT molecular complexity index is 693. The third-order valence-electron chi connectivity index (χ3n) is 3.78. The van der Waals surface area contributed by atoms with Crippen molar-refractivity contribution in [2.75, 3.05) is 5.73 Å². The van der Waals surface area contributed by atoms with Gasteiger partial charge in [-0.25, -0.2) is 15.0 Å². The first-order valence-corrected chi connectivity index (χ1v) is 7.56. The number of fused-ring (bicyclic) bond motifs is 1. The summed E-state index contributed by atoms with van der Waals surface area (Å²) in [5.41, 5.74) is 11.7. The zero-order chi connectivity index (χ0) is 17.9. The van der Waals surface area contributed by atoms with Gasteiger partial charge in [0.25, 0.3) is 0 Å². The van der Waals surface area contributed by atoms with Crippen molar-refractivity contribution in [2.45, 2.75) is 50.8 Å². The standard InChI is InChI=1S/C10H13N5O3.C4H9NO/c1-4-6(16)7(17)10(18-4)15-3-14-5-8(11)12-2-13-9(5)15;1-2-4(5)3-6/h2-4,6-7,10,16-17H,1H3,(H2,11,12,13);3-4H,2,5H2,1H3/t4-,6-,7-,10-;4-/m10/s1.